The molecule has 3 rings (SSSR count). The topological polar surface area (TPSA) is 62.3 Å². The number of nitrogens with zero attached hydrogens (tertiary/aromatic N) is 2. The third-order valence-electron chi connectivity index (χ3n) is 3.89. The van der Waals surface area contributed by atoms with Gasteiger partial charge in [0.25, 0.3) is 0 Å². The van der Waals surface area contributed by atoms with E-state index in [2.05, 4.69) is 26.2 Å². The minimum Gasteiger partial charge on any atom is -0.310 e. The molecule has 0 bridgehead atoms. The van der Waals surface area contributed by atoms with Crippen LogP contribution in [-0.2, 0) is 9.59 Å². The number of amides is 2. The molecule has 1 N–H and O–H groups in total. The van der Waals surface area contributed by atoms with Gasteiger partial charge < -0.3 is 10.2 Å². The van der Waals surface area contributed by atoms with E-state index >= 15 is 0 Å². The molecule has 0 unspecified atom stereocenters. The number of halogens is 1. The van der Waals surface area contributed by atoms with Crippen molar-refractivity contribution in [1.82, 2.24) is 4.98 Å². The lowest BCUT2D eigenvalue weighted by Gasteiger charge is -2.18. The second-order valence-corrected chi connectivity index (χ2v) is 6.37. The fraction of sp³-hybridized carbons (Fsp3) is 0.235. The Balaban J connectivity index is 1.74. The number of nitrogens with one attached hydrogen (secondary N) is 1. The molecule has 6 heteroatoms. The number of pyridine rings is 1. The Hall–Kier alpha value is -2.21. The smallest absolute Gasteiger partial charge is 0.230 e. The van der Waals surface area contributed by atoms with E-state index in [0.29, 0.717) is 12.4 Å². The number of benzene rings is 1. The molecule has 0 saturated carbocycles. The fourth-order valence-corrected chi connectivity index (χ4v) is 3.12. The first-order valence-corrected chi connectivity index (χ1v) is 8.13. The number of hydrogen-bond donors (Lipinski definition) is 1. The van der Waals surface area contributed by atoms with Crippen LogP contribution in [0.2, 0.25) is 0 Å². The lowest BCUT2D eigenvalue weighted by Crippen LogP contribution is -2.28. The van der Waals surface area contributed by atoms with Gasteiger partial charge in [0.2, 0.25) is 11.8 Å². The van der Waals surface area contributed by atoms with Gasteiger partial charge in [-0.2, -0.15) is 0 Å². The minimum absolute atomic E-state index is 0.0465. The summed E-state index contributed by atoms with van der Waals surface area (Å²) in [5.41, 5.74) is 1.69. The minimum atomic E-state index is -0.379. The number of anilines is 2. The van der Waals surface area contributed by atoms with Crippen LogP contribution in [-0.4, -0.2) is 23.3 Å². The molecule has 118 valence electrons. The van der Waals surface area contributed by atoms with Crippen molar-refractivity contribution >= 4 is 39.2 Å². The Morgan fingerprint density at radius 2 is 2.09 bits per heavy atom. The molecule has 1 aromatic carbocycles. The van der Waals surface area contributed by atoms with Crippen LogP contribution in [0.3, 0.4) is 0 Å². The summed E-state index contributed by atoms with van der Waals surface area (Å²) in [4.78, 5) is 30.5. The first-order chi connectivity index (χ1) is 11.1. The van der Waals surface area contributed by atoms with E-state index in [1.54, 1.807) is 11.1 Å². The van der Waals surface area contributed by atoms with Crippen molar-refractivity contribution in [3.63, 3.8) is 0 Å². The van der Waals surface area contributed by atoms with Gasteiger partial charge in [-0.25, -0.2) is 4.98 Å². The molecule has 0 radical (unpaired) electrons. The predicted octanol–water partition coefficient (Wildman–Crippen LogP) is 3.14. The molecule has 1 aliphatic heterocycles. The SMILES string of the molecule is Cc1cccnc1NC(=O)[C@H]1CC(=O)N(c2ccccc2Br)C1. The van der Waals surface area contributed by atoms with E-state index in [9.17, 15) is 9.59 Å². The molecule has 2 heterocycles. The molecule has 0 spiro atoms. The molecule has 1 fully saturated rings. The molecule has 5 nitrogen and oxygen atoms in total. The quantitative estimate of drug-likeness (QED) is 0.898. The van der Waals surface area contributed by atoms with Crippen LogP contribution in [0.5, 0.6) is 0 Å². The van der Waals surface area contributed by atoms with Gasteiger partial charge in [0, 0.05) is 23.6 Å². The summed E-state index contributed by atoms with van der Waals surface area (Å²) < 4.78 is 0.843. The standard InChI is InChI=1S/C17H16BrN3O2/c1-11-5-4-8-19-16(11)20-17(23)12-9-15(22)21(10-12)14-7-3-2-6-13(14)18/h2-8,12H,9-10H2,1H3,(H,19,20,23)/t12-/m0/s1. The van der Waals surface area contributed by atoms with Gasteiger partial charge in [0.1, 0.15) is 5.82 Å². The second kappa shape index (κ2) is 6.50. The number of aromatic nitrogens is 1. The number of hydrogen-bond acceptors (Lipinski definition) is 3. The van der Waals surface area contributed by atoms with Crippen LogP contribution in [0.15, 0.2) is 47.1 Å². The molecule has 1 saturated heterocycles. The molecule has 1 aromatic heterocycles. The number of para-hydroxylation sites is 1. The Labute approximate surface area is 142 Å². The third-order valence-corrected chi connectivity index (χ3v) is 4.56. The highest BCUT2D eigenvalue weighted by Crippen LogP contribution is 2.31. The van der Waals surface area contributed by atoms with E-state index in [0.717, 1.165) is 15.7 Å². The molecule has 2 amide bonds. The zero-order valence-electron chi connectivity index (χ0n) is 12.6. The van der Waals surface area contributed by atoms with Crippen molar-refractivity contribution < 1.29 is 9.59 Å². The van der Waals surface area contributed by atoms with Crippen molar-refractivity contribution in [1.29, 1.82) is 0 Å². The lowest BCUT2D eigenvalue weighted by molar-refractivity contribution is -0.122. The first kappa shape index (κ1) is 15.7. The van der Waals surface area contributed by atoms with E-state index in [1.165, 1.54) is 0 Å². The van der Waals surface area contributed by atoms with Crippen LogP contribution in [0, 0.1) is 12.8 Å². The van der Waals surface area contributed by atoms with E-state index < -0.39 is 0 Å². The van der Waals surface area contributed by atoms with Gasteiger partial charge in [-0.1, -0.05) is 18.2 Å². The zero-order chi connectivity index (χ0) is 16.4. The second-order valence-electron chi connectivity index (χ2n) is 5.51. The monoisotopic (exact) mass is 373 g/mol. The normalized spacial score (nSPS) is 17.4. The molecular weight excluding hydrogens is 358 g/mol. The number of carbonyl (C=O) groups excluding carboxylic acids is 2. The van der Waals surface area contributed by atoms with E-state index in [-0.39, 0.29) is 24.2 Å². The number of aryl methyl sites for hydroxylation is 1. The fourth-order valence-electron chi connectivity index (χ4n) is 2.62. The highest BCUT2D eigenvalue weighted by atomic mass is 79.9. The summed E-state index contributed by atoms with van der Waals surface area (Å²) in [5, 5.41) is 2.82. The number of rotatable bonds is 3. The summed E-state index contributed by atoms with van der Waals surface area (Å²) in [6, 6.07) is 11.2. The van der Waals surface area contributed by atoms with Gasteiger partial charge in [-0.05, 0) is 46.6 Å². The van der Waals surface area contributed by atoms with Crippen molar-refractivity contribution in [2.24, 2.45) is 5.92 Å². The third kappa shape index (κ3) is 3.27. The molecule has 2 aromatic rings. The van der Waals surface area contributed by atoms with Gasteiger partial charge in [-0.3, -0.25) is 9.59 Å². The maximum Gasteiger partial charge on any atom is 0.230 e. The van der Waals surface area contributed by atoms with Crippen molar-refractivity contribution in [2.45, 2.75) is 13.3 Å². The highest BCUT2D eigenvalue weighted by Gasteiger charge is 2.36. The first-order valence-electron chi connectivity index (χ1n) is 7.33. The Morgan fingerprint density at radius 3 is 2.83 bits per heavy atom. The summed E-state index contributed by atoms with van der Waals surface area (Å²) in [6.45, 7) is 2.26. The van der Waals surface area contributed by atoms with Crippen molar-refractivity contribution in [2.75, 3.05) is 16.8 Å². The zero-order valence-corrected chi connectivity index (χ0v) is 14.2. The van der Waals surface area contributed by atoms with Crippen LogP contribution < -0.4 is 10.2 Å². The molecule has 1 aliphatic rings. The van der Waals surface area contributed by atoms with E-state index in [4.69, 9.17) is 0 Å². The maximum atomic E-state index is 12.4. The average Bonchev–Trinajstić information content (AvgIpc) is 2.92. The van der Waals surface area contributed by atoms with Crippen molar-refractivity contribution in [3.05, 3.63) is 52.6 Å². The lowest BCUT2D eigenvalue weighted by atomic mass is 10.1. The van der Waals surface area contributed by atoms with Gasteiger partial charge in [-0.15, -0.1) is 0 Å². The summed E-state index contributed by atoms with van der Waals surface area (Å²) in [7, 11) is 0. The predicted molar refractivity (Wildman–Crippen MR) is 92.2 cm³/mol. The highest BCUT2D eigenvalue weighted by molar-refractivity contribution is 9.10. The molecule has 0 aliphatic carbocycles. The van der Waals surface area contributed by atoms with Crippen LogP contribution in [0.4, 0.5) is 11.5 Å². The number of carbonyl (C=O) groups is 2. The summed E-state index contributed by atoms with van der Waals surface area (Å²) in [5.74, 6) is -0.0511. The Morgan fingerprint density at radius 1 is 1.30 bits per heavy atom. The van der Waals surface area contributed by atoms with E-state index in [1.807, 2.05) is 43.3 Å². The van der Waals surface area contributed by atoms with Crippen LogP contribution >= 0.6 is 15.9 Å². The summed E-state index contributed by atoms with van der Waals surface area (Å²) >= 11 is 3.45. The largest absolute Gasteiger partial charge is 0.310 e. The Kier molecular flexibility index (Phi) is 4.43. The maximum absolute atomic E-state index is 12.4. The molecule has 1 atom stereocenters. The summed E-state index contributed by atoms with van der Waals surface area (Å²) in [6.07, 6.45) is 1.84. The van der Waals surface area contributed by atoms with Gasteiger partial charge in [0.15, 0.2) is 0 Å². The molecular formula is C17H16BrN3O2. The van der Waals surface area contributed by atoms with Crippen molar-refractivity contribution in [3.8, 4) is 0 Å². The average molecular weight is 374 g/mol. The molecule has 23 heavy (non-hydrogen) atoms. The van der Waals surface area contributed by atoms with Gasteiger partial charge >= 0.3 is 0 Å². The Bertz CT molecular complexity index is 763. The van der Waals surface area contributed by atoms with Crippen LogP contribution in [0.25, 0.3) is 0 Å². The van der Waals surface area contributed by atoms with Crippen LogP contribution in [0.1, 0.15) is 12.0 Å². The van der Waals surface area contributed by atoms with Gasteiger partial charge in [0.05, 0.1) is 11.6 Å².